The number of aromatic nitrogens is 1. The number of para-hydroxylation sites is 1. The van der Waals surface area contributed by atoms with E-state index in [2.05, 4.69) is 60.2 Å². The first-order valence-corrected chi connectivity index (χ1v) is 9.16. The molecule has 0 aliphatic carbocycles. The Bertz CT molecular complexity index is 754. The molecule has 0 saturated heterocycles. The third-order valence-electron chi connectivity index (χ3n) is 4.40. The molecule has 1 N–H and O–H groups in total. The SMILES string of the molecule is CCNC(=NCc1cccc2c1OCCCO2)N(C)Cc1cccn1C. The Labute approximate surface area is 155 Å². The molecule has 2 heterocycles. The lowest BCUT2D eigenvalue weighted by Crippen LogP contribution is -2.38. The summed E-state index contributed by atoms with van der Waals surface area (Å²) in [5.41, 5.74) is 2.29. The van der Waals surface area contributed by atoms with E-state index in [4.69, 9.17) is 14.5 Å². The van der Waals surface area contributed by atoms with Gasteiger partial charge >= 0.3 is 0 Å². The first-order chi connectivity index (χ1) is 12.7. The average molecular weight is 356 g/mol. The van der Waals surface area contributed by atoms with Gasteiger partial charge in [-0.15, -0.1) is 0 Å². The molecule has 6 heteroatoms. The van der Waals surface area contributed by atoms with Crippen molar-refractivity contribution in [2.45, 2.75) is 26.4 Å². The van der Waals surface area contributed by atoms with Gasteiger partial charge in [-0.25, -0.2) is 4.99 Å². The maximum atomic E-state index is 5.90. The molecule has 0 saturated carbocycles. The molecular weight excluding hydrogens is 328 g/mol. The number of nitrogens with one attached hydrogen (secondary N) is 1. The molecule has 6 nitrogen and oxygen atoms in total. The fourth-order valence-electron chi connectivity index (χ4n) is 2.99. The van der Waals surface area contributed by atoms with Gasteiger partial charge < -0.3 is 24.3 Å². The summed E-state index contributed by atoms with van der Waals surface area (Å²) in [4.78, 5) is 6.96. The van der Waals surface area contributed by atoms with Crippen molar-refractivity contribution in [2.24, 2.45) is 12.0 Å². The smallest absolute Gasteiger partial charge is 0.194 e. The van der Waals surface area contributed by atoms with Gasteiger partial charge in [0.15, 0.2) is 17.5 Å². The van der Waals surface area contributed by atoms with E-state index < -0.39 is 0 Å². The van der Waals surface area contributed by atoms with Gasteiger partial charge in [0, 0.05) is 44.5 Å². The zero-order valence-corrected chi connectivity index (χ0v) is 15.9. The van der Waals surface area contributed by atoms with E-state index in [9.17, 15) is 0 Å². The molecule has 1 aliphatic rings. The molecule has 26 heavy (non-hydrogen) atoms. The number of ether oxygens (including phenoxy) is 2. The number of hydrogen-bond donors (Lipinski definition) is 1. The van der Waals surface area contributed by atoms with Crippen LogP contribution >= 0.6 is 0 Å². The summed E-state index contributed by atoms with van der Waals surface area (Å²) in [7, 11) is 4.11. The number of guanidine groups is 1. The molecule has 1 aromatic heterocycles. The van der Waals surface area contributed by atoms with Gasteiger partial charge in [-0.3, -0.25) is 0 Å². The van der Waals surface area contributed by atoms with Crippen LogP contribution in [-0.2, 0) is 20.1 Å². The zero-order chi connectivity index (χ0) is 18.4. The van der Waals surface area contributed by atoms with Crippen molar-refractivity contribution in [1.82, 2.24) is 14.8 Å². The fraction of sp³-hybridized carbons (Fsp3) is 0.450. The minimum Gasteiger partial charge on any atom is -0.490 e. The lowest BCUT2D eigenvalue weighted by atomic mass is 10.2. The predicted octanol–water partition coefficient (Wildman–Crippen LogP) is 2.78. The summed E-state index contributed by atoms with van der Waals surface area (Å²) < 4.78 is 13.8. The summed E-state index contributed by atoms with van der Waals surface area (Å²) in [6.07, 6.45) is 2.96. The Hall–Kier alpha value is -2.63. The number of rotatable bonds is 5. The van der Waals surface area contributed by atoms with Crippen molar-refractivity contribution in [3.05, 3.63) is 47.8 Å². The summed E-state index contributed by atoms with van der Waals surface area (Å²) in [6, 6.07) is 10.2. The van der Waals surface area contributed by atoms with E-state index in [1.165, 1.54) is 5.69 Å². The highest BCUT2D eigenvalue weighted by Crippen LogP contribution is 2.33. The predicted molar refractivity (Wildman–Crippen MR) is 104 cm³/mol. The van der Waals surface area contributed by atoms with E-state index in [-0.39, 0.29) is 0 Å². The van der Waals surface area contributed by atoms with Crippen LogP contribution in [0.3, 0.4) is 0 Å². The monoisotopic (exact) mass is 356 g/mol. The minimum absolute atomic E-state index is 0.548. The molecule has 0 amide bonds. The van der Waals surface area contributed by atoms with Gasteiger partial charge in [-0.05, 0) is 25.1 Å². The quantitative estimate of drug-likeness (QED) is 0.661. The third kappa shape index (κ3) is 4.31. The molecule has 0 spiro atoms. The highest BCUT2D eigenvalue weighted by atomic mass is 16.5. The Balaban J connectivity index is 1.76. The second-order valence-corrected chi connectivity index (χ2v) is 6.43. The number of aryl methyl sites for hydroxylation is 1. The lowest BCUT2D eigenvalue weighted by Gasteiger charge is -2.22. The average Bonchev–Trinajstić information content (AvgIpc) is 2.90. The van der Waals surface area contributed by atoms with Gasteiger partial charge in [-0.1, -0.05) is 12.1 Å². The lowest BCUT2D eigenvalue weighted by molar-refractivity contribution is 0.296. The first-order valence-electron chi connectivity index (χ1n) is 9.16. The van der Waals surface area contributed by atoms with E-state index in [0.717, 1.165) is 42.5 Å². The number of hydrogen-bond acceptors (Lipinski definition) is 3. The van der Waals surface area contributed by atoms with Gasteiger partial charge in [0.25, 0.3) is 0 Å². The third-order valence-corrected chi connectivity index (χ3v) is 4.40. The van der Waals surface area contributed by atoms with Crippen LogP contribution in [0.5, 0.6) is 11.5 Å². The topological polar surface area (TPSA) is 51.0 Å². The summed E-state index contributed by atoms with van der Waals surface area (Å²) >= 11 is 0. The van der Waals surface area contributed by atoms with Crippen LogP contribution in [0.1, 0.15) is 24.6 Å². The van der Waals surface area contributed by atoms with Gasteiger partial charge in [-0.2, -0.15) is 0 Å². The van der Waals surface area contributed by atoms with Crippen LogP contribution in [-0.4, -0.2) is 42.2 Å². The molecule has 0 bridgehead atoms. The zero-order valence-electron chi connectivity index (χ0n) is 15.9. The maximum absolute atomic E-state index is 5.90. The Kier molecular flexibility index (Phi) is 6.04. The molecule has 0 radical (unpaired) electrons. The van der Waals surface area contributed by atoms with Crippen molar-refractivity contribution in [1.29, 1.82) is 0 Å². The number of aliphatic imine (C=N–C) groups is 1. The molecule has 0 unspecified atom stereocenters. The minimum atomic E-state index is 0.548. The second-order valence-electron chi connectivity index (χ2n) is 6.43. The largest absolute Gasteiger partial charge is 0.490 e. The van der Waals surface area contributed by atoms with Crippen LogP contribution in [0, 0.1) is 0 Å². The van der Waals surface area contributed by atoms with Gasteiger partial charge in [0.2, 0.25) is 0 Å². The number of fused-ring (bicyclic) bond motifs is 1. The fourth-order valence-corrected chi connectivity index (χ4v) is 2.99. The van der Waals surface area contributed by atoms with Crippen LogP contribution < -0.4 is 14.8 Å². The normalized spacial score (nSPS) is 14.0. The molecular formula is C20H28N4O2. The summed E-state index contributed by atoms with van der Waals surface area (Å²) in [6.45, 7) is 5.62. The van der Waals surface area contributed by atoms with Crippen molar-refractivity contribution in [3.8, 4) is 11.5 Å². The molecule has 0 atom stereocenters. The second kappa shape index (κ2) is 8.65. The van der Waals surface area contributed by atoms with Crippen molar-refractivity contribution < 1.29 is 9.47 Å². The van der Waals surface area contributed by atoms with E-state index in [1.54, 1.807) is 0 Å². The van der Waals surface area contributed by atoms with Gasteiger partial charge in [0.1, 0.15) is 0 Å². The van der Waals surface area contributed by atoms with Crippen LogP contribution in [0.25, 0.3) is 0 Å². The van der Waals surface area contributed by atoms with Crippen molar-refractivity contribution in [3.63, 3.8) is 0 Å². The standard InChI is InChI=1S/C20H28N4O2/c1-4-21-20(24(3)15-17-9-6-11-23(17)2)22-14-16-8-5-10-18-19(16)26-13-7-12-25-18/h5-6,8-11H,4,7,12-15H2,1-3H3,(H,21,22). The van der Waals surface area contributed by atoms with Crippen LogP contribution in [0.4, 0.5) is 0 Å². The van der Waals surface area contributed by atoms with Crippen molar-refractivity contribution in [2.75, 3.05) is 26.8 Å². The maximum Gasteiger partial charge on any atom is 0.194 e. The number of nitrogens with zero attached hydrogens (tertiary/aromatic N) is 3. The van der Waals surface area contributed by atoms with Crippen LogP contribution in [0.15, 0.2) is 41.5 Å². The molecule has 3 rings (SSSR count). The highest BCUT2D eigenvalue weighted by Gasteiger charge is 2.15. The van der Waals surface area contributed by atoms with E-state index in [0.29, 0.717) is 19.8 Å². The molecule has 2 aromatic rings. The first kappa shape index (κ1) is 18.2. The summed E-state index contributed by atoms with van der Waals surface area (Å²) in [5, 5.41) is 3.37. The molecule has 1 aliphatic heterocycles. The summed E-state index contributed by atoms with van der Waals surface area (Å²) in [5.74, 6) is 2.52. The van der Waals surface area contributed by atoms with Gasteiger partial charge in [0.05, 0.1) is 26.3 Å². The Morgan fingerprint density at radius 2 is 2.08 bits per heavy atom. The molecule has 1 aromatic carbocycles. The van der Waals surface area contributed by atoms with Crippen molar-refractivity contribution >= 4 is 5.96 Å². The van der Waals surface area contributed by atoms with E-state index in [1.807, 2.05) is 12.1 Å². The molecule has 140 valence electrons. The Morgan fingerprint density at radius 1 is 1.23 bits per heavy atom. The molecule has 0 fully saturated rings. The van der Waals surface area contributed by atoms with E-state index >= 15 is 0 Å². The highest BCUT2D eigenvalue weighted by molar-refractivity contribution is 5.79. The Morgan fingerprint density at radius 3 is 2.85 bits per heavy atom. The number of benzene rings is 1. The van der Waals surface area contributed by atoms with Crippen LogP contribution in [0.2, 0.25) is 0 Å².